The highest BCUT2D eigenvalue weighted by Gasteiger charge is 2.17. The summed E-state index contributed by atoms with van der Waals surface area (Å²) in [5, 5.41) is 4.93. The Morgan fingerprint density at radius 1 is 1.03 bits per heavy atom. The highest BCUT2D eigenvalue weighted by molar-refractivity contribution is 6.31. The van der Waals surface area contributed by atoms with E-state index in [0.717, 1.165) is 45.4 Å². The van der Waals surface area contributed by atoms with Crippen LogP contribution in [0.2, 0.25) is 5.02 Å². The van der Waals surface area contributed by atoms with E-state index in [4.69, 9.17) is 24.6 Å². The topological polar surface area (TPSA) is 75.0 Å². The van der Waals surface area contributed by atoms with E-state index in [-0.39, 0.29) is 0 Å². The molecule has 0 aliphatic carbocycles. The first-order valence-corrected chi connectivity index (χ1v) is 10.5. The van der Waals surface area contributed by atoms with Crippen LogP contribution in [0.3, 0.4) is 0 Å². The molecule has 1 N–H and O–H groups in total. The van der Waals surface area contributed by atoms with E-state index in [1.165, 1.54) is 6.33 Å². The summed E-state index contributed by atoms with van der Waals surface area (Å²) < 4.78 is 1.73. The quantitative estimate of drug-likeness (QED) is 0.401. The van der Waals surface area contributed by atoms with Crippen molar-refractivity contribution in [1.29, 1.82) is 0 Å². The van der Waals surface area contributed by atoms with Gasteiger partial charge in [0, 0.05) is 35.6 Å². The van der Waals surface area contributed by atoms with Gasteiger partial charge in [0.1, 0.15) is 12.2 Å². The molecule has 4 aromatic heterocycles. The molecule has 7 nitrogen and oxygen atoms in total. The van der Waals surface area contributed by atoms with Crippen molar-refractivity contribution in [2.24, 2.45) is 0 Å². The molecule has 0 spiro atoms. The number of nitrogens with zero attached hydrogens (tertiary/aromatic N) is 6. The maximum atomic E-state index is 6.30. The molecule has 9 heteroatoms. The van der Waals surface area contributed by atoms with Crippen LogP contribution in [-0.4, -0.2) is 42.3 Å². The lowest BCUT2D eigenvalue weighted by molar-refractivity contribution is 0.432. The Morgan fingerprint density at radius 2 is 1.91 bits per heavy atom. The number of pyridine rings is 2. The van der Waals surface area contributed by atoms with E-state index in [9.17, 15) is 0 Å². The minimum atomic E-state index is 0.412. The van der Waals surface area contributed by atoms with Crippen molar-refractivity contribution < 1.29 is 0 Å². The van der Waals surface area contributed by atoms with Gasteiger partial charge in [0.05, 0.1) is 17.1 Å². The predicted octanol–water partition coefficient (Wildman–Crippen LogP) is 4.23. The number of halogens is 1. The Kier molecular flexibility index (Phi) is 5.47. The molecular weight excluding hydrogens is 421 g/mol. The maximum Gasteiger partial charge on any atom is 0.183 e. The molecule has 0 fully saturated rings. The highest BCUT2D eigenvalue weighted by atomic mass is 35.5. The number of hydrogen-bond acceptors (Lipinski definition) is 5. The van der Waals surface area contributed by atoms with E-state index >= 15 is 0 Å². The van der Waals surface area contributed by atoms with Crippen LogP contribution in [0.15, 0.2) is 67.1 Å². The van der Waals surface area contributed by atoms with Crippen LogP contribution < -0.4 is 0 Å². The first kappa shape index (κ1) is 20.4. The Bertz CT molecular complexity index is 1390. The third-order valence-corrected chi connectivity index (χ3v) is 5.50. The molecule has 32 heavy (non-hydrogen) atoms. The zero-order valence-corrected chi connectivity index (χ0v) is 18.2. The second kappa shape index (κ2) is 8.57. The number of benzene rings is 1. The van der Waals surface area contributed by atoms with Crippen LogP contribution in [-0.2, 0) is 13.1 Å². The van der Waals surface area contributed by atoms with E-state index in [1.54, 1.807) is 9.33 Å². The SMILES string of the molecule is [B]N(Cc1nc(-c2ccc3ncnn3c2)c(-c2cccc(C)n2)[nH]1)Cc1ccccc1Cl. The van der Waals surface area contributed by atoms with Gasteiger partial charge in [-0.1, -0.05) is 35.9 Å². The minimum absolute atomic E-state index is 0.412. The Morgan fingerprint density at radius 3 is 2.75 bits per heavy atom. The summed E-state index contributed by atoms with van der Waals surface area (Å²) >= 11 is 6.29. The number of H-pyrrole nitrogens is 1. The van der Waals surface area contributed by atoms with Crippen molar-refractivity contribution in [3.8, 4) is 22.6 Å². The van der Waals surface area contributed by atoms with Gasteiger partial charge in [-0.2, -0.15) is 5.10 Å². The molecular formula is C23H19BClN7. The van der Waals surface area contributed by atoms with Gasteiger partial charge in [-0.3, -0.25) is 4.98 Å². The molecule has 5 aromatic rings. The van der Waals surface area contributed by atoms with E-state index in [2.05, 4.69) is 20.1 Å². The molecule has 0 amide bonds. The number of aryl methyl sites for hydroxylation is 1. The highest BCUT2D eigenvalue weighted by Crippen LogP contribution is 2.30. The monoisotopic (exact) mass is 439 g/mol. The van der Waals surface area contributed by atoms with Gasteiger partial charge in [0.25, 0.3) is 0 Å². The zero-order chi connectivity index (χ0) is 22.1. The van der Waals surface area contributed by atoms with Gasteiger partial charge in [0.15, 0.2) is 13.6 Å². The minimum Gasteiger partial charge on any atom is -0.344 e. The number of aromatic amines is 1. The van der Waals surface area contributed by atoms with Crippen LogP contribution >= 0.6 is 11.6 Å². The van der Waals surface area contributed by atoms with E-state index in [0.29, 0.717) is 18.1 Å². The molecule has 0 atom stereocenters. The van der Waals surface area contributed by atoms with Crippen molar-refractivity contribution in [2.75, 3.05) is 0 Å². The lowest BCUT2D eigenvalue weighted by Crippen LogP contribution is -2.20. The fraction of sp³-hybridized carbons (Fsp3) is 0.130. The Balaban J connectivity index is 1.51. The normalized spacial score (nSPS) is 11.5. The Labute approximate surface area is 191 Å². The van der Waals surface area contributed by atoms with Gasteiger partial charge in [-0.05, 0) is 42.8 Å². The summed E-state index contributed by atoms with van der Waals surface area (Å²) in [7, 11) is 6.30. The van der Waals surface area contributed by atoms with Crippen LogP contribution in [0.1, 0.15) is 17.1 Å². The number of rotatable bonds is 6. The molecule has 1 aromatic carbocycles. The molecule has 0 aliphatic rings. The summed E-state index contributed by atoms with van der Waals surface area (Å²) in [5.74, 6) is 0.728. The first-order chi connectivity index (χ1) is 15.6. The fourth-order valence-corrected chi connectivity index (χ4v) is 3.82. The van der Waals surface area contributed by atoms with Crippen molar-refractivity contribution in [1.82, 2.24) is 34.4 Å². The van der Waals surface area contributed by atoms with Crippen LogP contribution in [0.5, 0.6) is 0 Å². The summed E-state index contributed by atoms with van der Waals surface area (Å²) in [4.78, 5) is 18.9. The first-order valence-electron chi connectivity index (χ1n) is 10.1. The smallest absolute Gasteiger partial charge is 0.183 e. The van der Waals surface area contributed by atoms with Gasteiger partial charge in [0.2, 0.25) is 0 Å². The average Bonchev–Trinajstić information content (AvgIpc) is 3.42. The molecule has 0 saturated heterocycles. The molecule has 0 aliphatic heterocycles. The molecule has 156 valence electrons. The van der Waals surface area contributed by atoms with E-state index < -0.39 is 0 Å². The maximum absolute atomic E-state index is 6.30. The van der Waals surface area contributed by atoms with E-state index in [1.807, 2.05) is 67.7 Å². The van der Waals surface area contributed by atoms with Crippen molar-refractivity contribution >= 4 is 25.2 Å². The lowest BCUT2D eigenvalue weighted by Gasteiger charge is -2.16. The standard InChI is InChI=1S/C23H19BClN7/c1-15-5-4-8-19(28-15)23-22(17-9-10-21-26-14-27-32(21)12-17)29-20(30-23)13-31(24)11-16-6-2-3-7-18(16)25/h2-10,12,14H,11,13H2,1H3,(H,29,30). The van der Waals surface area contributed by atoms with Gasteiger partial charge < -0.3 is 9.79 Å². The van der Waals surface area contributed by atoms with Crippen LogP contribution in [0, 0.1) is 6.92 Å². The number of fused-ring (bicyclic) bond motifs is 1. The number of nitrogens with one attached hydrogen (secondary N) is 1. The summed E-state index contributed by atoms with van der Waals surface area (Å²) in [6.07, 6.45) is 3.44. The largest absolute Gasteiger partial charge is 0.344 e. The summed E-state index contributed by atoms with van der Waals surface area (Å²) in [6.45, 7) is 2.88. The molecule has 0 unspecified atom stereocenters. The van der Waals surface area contributed by atoms with Gasteiger partial charge in [-0.25, -0.2) is 14.5 Å². The van der Waals surface area contributed by atoms with Gasteiger partial charge in [-0.15, -0.1) is 0 Å². The van der Waals surface area contributed by atoms with Gasteiger partial charge >= 0.3 is 0 Å². The third-order valence-electron chi connectivity index (χ3n) is 5.13. The number of hydrogen-bond donors (Lipinski definition) is 1. The molecule has 0 saturated carbocycles. The van der Waals surface area contributed by atoms with Crippen molar-refractivity contribution in [2.45, 2.75) is 20.0 Å². The molecule has 2 radical (unpaired) electrons. The molecule has 5 rings (SSSR count). The van der Waals surface area contributed by atoms with Crippen molar-refractivity contribution in [3.05, 3.63) is 89.2 Å². The fourth-order valence-electron chi connectivity index (χ4n) is 3.62. The predicted molar refractivity (Wildman–Crippen MR) is 125 cm³/mol. The second-order valence-electron chi connectivity index (χ2n) is 7.55. The second-order valence-corrected chi connectivity index (χ2v) is 7.96. The lowest BCUT2D eigenvalue weighted by atomic mass is 10.1. The van der Waals surface area contributed by atoms with Crippen LogP contribution in [0.25, 0.3) is 28.3 Å². The number of aromatic nitrogens is 6. The zero-order valence-electron chi connectivity index (χ0n) is 17.4. The third kappa shape index (κ3) is 4.15. The van der Waals surface area contributed by atoms with Crippen molar-refractivity contribution in [3.63, 3.8) is 0 Å². The molecule has 4 heterocycles. The average molecular weight is 440 g/mol. The summed E-state index contributed by atoms with van der Waals surface area (Å²) in [6, 6.07) is 17.5. The van der Waals surface area contributed by atoms with Crippen LogP contribution in [0.4, 0.5) is 0 Å². The number of imidazole rings is 1. The summed E-state index contributed by atoms with van der Waals surface area (Å²) in [5.41, 5.74) is 5.98. The molecule has 0 bridgehead atoms. The Hall–Kier alpha value is -3.49.